The Morgan fingerprint density at radius 3 is 1.91 bits per heavy atom. The van der Waals surface area contributed by atoms with Crippen molar-refractivity contribution in [2.45, 2.75) is 32.4 Å². The van der Waals surface area contributed by atoms with E-state index in [0.717, 1.165) is 6.07 Å². The summed E-state index contributed by atoms with van der Waals surface area (Å²) in [6.07, 6.45) is -4.49. The number of benzene rings is 3. The van der Waals surface area contributed by atoms with Crippen molar-refractivity contribution in [3.63, 3.8) is 0 Å². The van der Waals surface area contributed by atoms with E-state index in [9.17, 15) is 18.3 Å². The molecule has 35 heavy (non-hydrogen) atoms. The zero-order chi connectivity index (χ0) is 25.4. The van der Waals surface area contributed by atoms with Crippen LogP contribution in [0.2, 0.25) is 0 Å². The molecular formula is C27H24F3N3O2. The molecule has 0 aliphatic carbocycles. The lowest BCUT2D eigenvalue weighted by molar-refractivity contribution is -0.138. The average molecular weight is 480 g/mol. The average Bonchev–Trinajstić information content (AvgIpc) is 2.82. The fraction of sp³-hybridized carbons (Fsp3) is 0.222. The van der Waals surface area contributed by atoms with Crippen molar-refractivity contribution < 1.29 is 23.0 Å². The minimum absolute atomic E-state index is 0.0942. The Labute approximate surface area is 201 Å². The zero-order valence-corrected chi connectivity index (χ0v) is 19.7. The second kappa shape index (κ2) is 9.02. The Morgan fingerprint density at radius 2 is 1.34 bits per heavy atom. The van der Waals surface area contributed by atoms with Crippen LogP contribution in [0.25, 0.3) is 34.2 Å². The molecule has 0 saturated carbocycles. The maximum absolute atomic E-state index is 13.7. The molecule has 0 aliphatic heterocycles. The first-order chi connectivity index (χ1) is 16.5. The number of halogens is 3. The van der Waals surface area contributed by atoms with E-state index in [0.29, 0.717) is 28.3 Å². The van der Waals surface area contributed by atoms with Gasteiger partial charge in [0.25, 0.3) is 0 Å². The molecule has 180 valence electrons. The summed E-state index contributed by atoms with van der Waals surface area (Å²) in [7, 11) is 1.49. The molecule has 5 nitrogen and oxygen atoms in total. The summed E-state index contributed by atoms with van der Waals surface area (Å²) in [5.74, 6) is 1.08. The molecule has 1 heterocycles. The Hall–Kier alpha value is -3.94. The molecule has 0 saturated heterocycles. The summed E-state index contributed by atoms with van der Waals surface area (Å²) in [6, 6.07) is 17.8. The number of methoxy groups -OCH3 is 1. The zero-order valence-electron chi connectivity index (χ0n) is 19.7. The summed E-state index contributed by atoms with van der Waals surface area (Å²) >= 11 is 0. The van der Waals surface area contributed by atoms with Crippen LogP contribution in [0.5, 0.6) is 11.5 Å². The van der Waals surface area contributed by atoms with Crippen LogP contribution in [-0.2, 0) is 11.6 Å². The maximum Gasteiger partial charge on any atom is 0.416 e. The van der Waals surface area contributed by atoms with Crippen molar-refractivity contribution in [1.82, 2.24) is 15.0 Å². The highest BCUT2D eigenvalue weighted by atomic mass is 19.4. The van der Waals surface area contributed by atoms with Gasteiger partial charge in [-0.15, -0.1) is 0 Å². The minimum atomic E-state index is -4.49. The quantitative estimate of drug-likeness (QED) is 0.345. The molecule has 0 bridgehead atoms. The number of ether oxygens (including phenoxy) is 1. The van der Waals surface area contributed by atoms with Gasteiger partial charge in [-0.25, -0.2) is 15.0 Å². The van der Waals surface area contributed by atoms with Crippen LogP contribution in [-0.4, -0.2) is 27.2 Å². The normalized spacial score (nSPS) is 12.0. The van der Waals surface area contributed by atoms with E-state index in [4.69, 9.17) is 4.74 Å². The van der Waals surface area contributed by atoms with Gasteiger partial charge in [0.15, 0.2) is 17.5 Å². The molecular weight excluding hydrogens is 455 g/mol. The standard InChI is InChI=1S/C27H24F3N3O2/c1-26(2,3)21-14-17(10-13-20(21)27(28,29)30)24-31-23(16-8-6-5-7-9-16)32-25(33-24)19-12-11-18(35-4)15-22(19)34/h5-15,34H,1-4H3. The molecule has 8 heteroatoms. The van der Waals surface area contributed by atoms with Crippen LogP contribution < -0.4 is 4.74 Å². The SMILES string of the molecule is COc1ccc(-c2nc(-c3ccccc3)nc(-c3ccc(C(F)(F)F)c(C(C)(C)C)c3)n2)c(O)c1. The monoisotopic (exact) mass is 479 g/mol. The smallest absolute Gasteiger partial charge is 0.416 e. The predicted molar refractivity (Wildman–Crippen MR) is 128 cm³/mol. The van der Waals surface area contributed by atoms with Gasteiger partial charge in [-0.3, -0.25) is 0 Å². The van der Waals surface area contributed by atoms with Crippen LogP contribution >= 0.6 is 0 Å². The van der Waals surface area contributed by atoms with Crippen LogP contribution in [0.3, 0.4) is 0 Å². The van der Waals surface area contributed by atoms with Gasteiger partial charge in [0, 0.05) is 17.2 Å². The van der Waals surface area contributed by atoms with Gasteiger partial charge in [0.2, 0.25) is 0 Å². The second-order valence-corrected chi connectivity index (χ2v) is 9.06. The lowest BCUT2D eigenvalue weighted by Gasteiger charge is -2.25. The summed E-state index contributed by atoms with van der Waals surface area (Å²) in [5, 5.41) is 10.6. The molecule has 0 radical (unpaired) electrons. The number of phenolic OH excluding ortho intramolecular Hbond substituents is 1. The second-order valence-electron chi connectivity index (χ2n) is 9.06. The molecule has 3 aromatic carbocycles. The lowest BCUT2D eigenvalue weighted by atomic mass is 9.82. The third kappa shape index (κ3) is 5.11. The number of hydrogen-bond donors (Lipinski definition) is 1. The third-order valence-corrected chi connectivity index (χ3v) is 5.50. The number of rotatable bonds is 4. The van der Waals surface area contributed by atoms with Gasteiger partial charge in [-0.1, -0.05) is 57.2 Å². The van der Waals surface area contributed by atoms with Gasteiger partial charge in [-0.2, -0.15) is 13.2 Å². The van der Waals surface area contributed by atoms with Gasteiger partial charge in [0.1, 0.15) is 11.5 Å². The number of aromatic hydroxyl groups is 1. The predicted octanol–water partition coefficient (Wildman–Crippen LogP) is 6.90. The van der Waals surface area contributed by atoms with Gasteiger partial charge in [-0.05, 0) is 35.2 Å². The third-order valence-electron chi connectivity index (χ3n) is 5.50. The van der Waals surface area contributed by atoms with E-state index < -0.39 is 17.2 Å². The first kappa shape index (κ1) is 24.2. The molecule has 1 aromatic heterocycles. The molecule has 4 rings (SSSR count). The first-order valence-electron chi connectivity index (χ1n) is 10.9. The largest absolute Gasteiger partial charge is 0.507 e. The summed E-state index contributed by atoms with van der Waals surface area (Å²) in [6.45, 7) is 5.18. The van der Waals surface area contributed by atoms with Crippen LogP contribution in [0.4, 0.5) is 13.2 Å². The number of aromatic nitrogens is 3. The molecule has 0 aliphatic rings. The van der Waals surface area contributed by atoms with Crippen molar-refractivity contribution in [3.05, 3.63) is 77.9 Å². The summed E-state index contributed by atoms with van der Waals surface area (Å²) in [4.78, 5) is 13.6. The van der Waals surface area contributed by atoms with Crippen molar-refractivity contribution in [2.24, 2.45) is 0 Å². The van der Waals surface area contributed by atoms with E-state index in [1.807, 2.05) is 30.3 Å². The highest BCUT2D eigenvalue weighted by molar-refractivity contribution is 5.71. The van der Waals surface area contributed by atoms with E-state index in [1.165, 1.54) is 25.3 Å². The van der Waals surface area contributed by atoms with Gasteiger partial charge in [0.05, 0.1) is 18.2 Å². The highest BCUT2D eigenvalue weighted by Crippen LogP contribution is 2.40. The maximum atomic E-state index is 13.7. The van der Waals surface area contributed by atoms with Gasteiger partial charge < -0.3 is 9.84 Å². The van der Waals surface area contributed by atoms with Crippen molar-refractivity contribution in [2.75, 3.05) is 7.11 Å². The van der Waals surface area contributed by atoms with E-state index >= 15 is 0 Å². The Morgan fingerprint density at radius 1 is 0.714 bits per heavy atom. The number of nitrogens with zero attached hydrogens (tertiary/aromatic N) is 3. The molecule has 0 atom stereocenters. The van der Waals surface area contributed by atoms with Crippen LogP contribution in [0.1, 0.15) is 31.9 Å². The number of phenols is 1. The molecule has 4 aromatic rings. The number of hydrogen-bond acceptors (Lipinski definition) is 5. The van der Waals surface area contributed by atoms with Gasteiger partial charge >= 0.3 is 6.18 Å². The fourth-order valence-electron chi connectivity index (χ4n) is 3.72. The lowest BCUT2D eigenvalue weighted by Crippen LogP contribution is -2.19. The Balaban J connectivity index is 1.95. The van der Waals surface area contributed by atoms with Crippen LogP contribution in [0, 0.1) is 0 Å². The number of alkyl halides is 3. The van der Waals surface area contributed by atoms with Crippen molar-refractivity contribution >= 4 is 0 Å². The topological polar surface area (TPSA) is 68.1 Å². The van der Waals surface area contributed by atoms with E-state index in [1.54, 1.807) is 32.9 Å². The molecule has 0 spiro atoms. The molecule has 0 amide bonds. The molecule has 0 unspecified atom stereocenters. The first-order valence-corrected chi connectivity index (χ1v) is 10.9. The Kier molecular flexibility index (Phi) is 6.23. The van der Waals surface area contributed by atoms with E-state index in [2.05, 4.69) is 15.0 Å². The Bertz CT molecular complexity index is 1360. The van der Waals surface area contributed by atoms with Crippen LogP contribution in [0.15, 0.2) is 66.7 Å². The van der Waals surface area contributed by atoms with Crippen molar-refractivity contribution in [1.29, 1.82) is 0 Å². The fourth-order valence-corrected chi connectivity index (χ4v) is 3.72. The molecule has 0 fully saturated rings. The highest BCUT2D eigenvalue weighted by Gasteiger charge is 2.36. The minimum Gasteiger partial charge on any atom is -0.507 e. The van der Waals surface area contributed by atoms with Crippen molar-refractivity contribution in [3.8, 4) is 45.7 Å². The molecule has 1 N–H and O–H groups in total. The van der Waals surface area contributed by atoms with E-state index in [-0.39, 0.29) is 23.0 Å². The summed E-state index contributed by atoms with van der Waals surface area (Å²) in [5.41, 5.74) is 0.129. The summed E-state index contributed by atoms with van der Waals surface area (Å²) < 4.78 is 46.3.